The number of unbranched alkanes of at least 4 members (excludes halogenated alkanes) is 7. The minimum Gasteiger partial charge on any atom is -0.254 e. The van der Waals surface area contributed by atoms with Gasteiger partial charge in [-0.2, -0.15) is 0 Å². The van der Waals surface area contributed by atoms with Gasteiger partial charge in [0.2, 0.25) is 0 Å². The number of hydrogen-bond acceptors (Lipinski definition) is 1. The lowest BCUT2D eigenvalue weighted by molar-refractivity contribution is 0.584. The van der Waals surface area contributed by atoms with Gasteiger partial charge in [-0.25, -0.2) is 4.39 Å². The fourth-order valence-electron chi connectivity index (χ4n) is 2.09. The van der Waals surface area contributed by atoms with Gasteiger partial charge in [-0.3, -0.25) is 4.21 Å². The van der Waals surface area contributed by atoms with Crippen molar-refractivity contribution in [3.63, 3.8) is 0 Å². The minimum atomic E-state index is -1.04. The van der Waals surface area contributed by atoms with Gasteiger partial charge in [0.05, 0.1) is 10.8 Å². The van der Waals surface area contributed by atoms with E-state index in [1.165, 1.54) is 50.7 Å². The Morgan fingerprint density at radius 3 is 2.26 bits per heavy atom. The Hall–Kier alpha value is -0.700. The number of rotatable bonds is 10. The molecule has 1 nitrogen and oxygen atoms in total. The summed E-state index contributed by atoms with van der Waals surface area (Å²) in [4.78, 5) is 0.614. The van der Waals surface area contributed by atoms with Crippen LogP contribution in [0.2, 0.25) is 0 Å². The van der Waals surface area contributed by atoms with Crippen LogP contribution < -0.4 is 0 Å². The number of benzene rings is 1. The van der Waals surface area contributed by atoms with Gasteiger partial charge in [0.25, 0.3) is 0 Å². The molecule has 0 spiro atoms. The van der Waals surface area contributed by atoms with E-state index in [1.807, 2.05) is 0 Å². The summed E-state index contributed by atoms with van der Waals surface area (Å²) < 4.78 is 24.9. The maximum Gasteiger partial charge on any atom is 0.124 e. The fraction of sp³-hybridized carbons (Fsp3) is 0.625. The highest BCUT2D eigenvalue weighted by Crippen LogP contribution is 2.12. The van der Waals surface area contributed by atoms with Crippen molar-refractivity contribution < 1.29 is 8.60 Å². The molecule has 1 atom stereocenters. The quantitative estimate of drug-likeness (QED) is 0.548. The monoisotopic (exact) mass is 284 g/mol. The molecule has 108 valence electrons. The zero-order valence-corrected chi connectivity index (χ0v) is 12.7. The summed E-state index contributed by atoms with van der Waals surface area (Å²) in [6.45, 7) is 2.22. The highest BCUT2D eigenvalue weighted by molar-refractivity contribution is 7.85. The van der Waals surface area contributed by atoms with E-state index >= 15 is 0 Å². The van der Waals surface area contributed by atoms with Crippen molar-refractivity contribution in [1.82, 2.24) is 0 Å². The van der Waals surface area contributed by atoms with Gasteiger partial charge in [0, 0.05) is 10.6 Å². The zero-order chi connectivity index (χ0) is 13.9. The van der Waals surface area contributed by atoms with Gasteiger partial charge < -0.3 is 0 Å². The highest BCUT2D eigenvalue weighted by Gasteiger charge is 2.04. The Labute approximate surface area is 119 Å². The van der Waals surface area contributed by atoms with Crippen LogP contribution in [0.4, 0.5) is 4.39 Å². The first-order valence-corrected chi connectivity index (χ1v) is 8.70. The second-order valence-electron chi connectivity index (χ2n) is 4.98. The average molecular weight is 284 g/mol. The molecule has 0 fully saturated rings. The van der Waals surface area contributed by atoms with Crippen LogP contribution in [-0.4, -0.2) is 9.96 Å². The largest absolute Gasteiger partial charge is 0.254 e. The summed E-state index contributed by atoms with van der Waals surface area (Å²) in [5.41, 5.74) is 0. The molecule has 0 aromatic heterocycles. The van der Waals surface area contributed by atoms with E-state index in [9.17, 15) is 8.60 Å². The molecule has 19 heavy (non-hydrogen) atoms. The molecule has 0 aliphatic carbocycles. The Bertz CT molecular complexity index is 379. The lowest BCUT2D eigenvalue weighted by Crippen LogP contribution is -1.98. The molecular weight excluding hydrogens is 259 g/mol. The molecule has 1 aromatic rings. The van der Waals surface area contributed by atoms with Gasteiger partial charge >= 0.3 is 0 Å². The van der Waals surface area contributed by atoms with Crippen LogP contribution in [0.15, 0.2) is 29.2 Å². The van der Waals surface area contributed by atoms with Gasteiger partial charge in [-0.1, -0.05) is 57.9 Å². The first-order valence-electron chi connectivity index (χ1n) is 7.38. The Kier molecular flexibility index (Phi) is 8.72. The molecule has 0 radical (unpaired) electrons. The summed E-state index contributed by atoms with van der Waals surface area (Å²) in [7, 11) is -1.04. The maximum absolute atomic E-state index is 13.0. The summed E-state index contributed by atoms with van der Waals surface area (Å²) in [6.07, 6.45) is 9.89. The second kappa shape index (κ2) is 10.1. The summed E-state index contributed by atoms with van der Waals surface area (Å²) in [6, 6.07) is 6.12. The molecule has 0 saturated heterocycles. The SMILES string of the molecule is CCCCCCCCCCS(=O)c1cccc(F)c1. The zero-order valence-electron chi connectivity index (χ0n) is 11.9. The van der Waals surface area contributed by atoms with Crippen molar-refractivity contribution in [3.05, 3.63) is 30.1 Å². The fourth-order valence-corrected chi connectivity index (χ4v) is 3.27. The number of halogens is 1. The van der Waals surface area contributed by atoms with Crippen molar-refractivity contribution in [3.8, 4) is 0 Å². The smallest absolute Gasteiger partial charge is 0.124 e. The van der Waals surface area contributed by atoms with Crippen LogP contribution in [0.3, 0.4) is 0 Å². The van der Waals surface area contributed by atoms with E-state index < -0.39 is 10.8 Å². The van der Waals surface area contributed by atoms with E-state index in [0.717, 1.165) is 12.8 Å². The Morgan fingerprint density at radius 2 is 1.63 bits per heavy atom. The van der Waals surface area contributed by atoms with Crippen molar-refractivity contribution in [2.24, 2.45) is 0 Å². The van der Waals surface area contributed by atoms with E-state index in [2.05, 4.69) is 6.92 Å². The summed E-state index contributed by atoms with van der Waals surface area (Å²) in [5, 5.41) is 0. The number of hydrogen-bond donors (Lipinski definition) is 0. The molecular formula is C16H25FOS. The average Bonchev–Trinajstić information content (AvgIpc) is 2.41. The van der Waals surface area contributed by atoms with Gasteiger partial charge in [0.1, 0.15) is 5.82 Å². The molecule has 0 aliphatic rings. The first-order chi connectivity index (χ1) is 9.24. The normalized spacial score (nSPS) is 12.5. The van der Waals surface area contributed by atoms with E-state index in [0.29, 0.717) is 10.6 Å². The third kappa shape index (κ3) is 7.46. The van der Waals surface area contributed by atoms with Gasteiger partial charge in [-0.15, -0.1) is 0 Å². The molecule has 0 saturated carbocycles. The van der Waals surface area contributed by atoms with Crippen LogP contribution in [0.1, 0.15) is 58.3 Å². The predicted octanol–water partition coefficient (Wildman–Crippen LogP) is 5.07. The topological polar surface area (TPSA) is 17.1 Å². The Balaban J connectivity index is 2.08. The van der Waals surface area contributed by atoms with Crippen LogP contribution in [0.5, 0.6) is 0 Å². The lowest BCUT2D eigenvalue weighted by atomic mass is 10.1. The molecule has 3 heteroatoms. The summed E-state index contributed by atoms with van der Waals surface area (Å²) in [5.74, 6) is 0.347. The molecule has 0 aliphatic heterocycles. The molecule has 0 heterocycles. The highest BCUT2D eigenvalue weighted by atomic mass is 32.2. The van der Waals surface area contributed by atoms with Crippen molar-refractivity contribution in [2.45, 2.75) is 63.2 Å². The van der Waals surface area contributed by atoms with Gasteiger partial charge in [-0.05, 0) is 24.6 Å². The van der Waals surface area contributed by atoms with Crippen LogP contribution >= 0.6 is 0 Å². The van der Waals surface area contributed by atoms with Crippen LogP contribution in [0, 0.1) is 5.82 Å². The molecule has 0 amide bonds. The van der Waals surface area contributed by atoms with Crippen LogP contribution in [-0.2, 0) is 10.8 Å². The standard InChI is InChI=1S/C16H25FOS/c1-2-3-4-5-6-7-8-9-13-19(18)16-12-10-11-15(17)14-16/h10-12,14H,2-9,13H2,1H3. The van der Waals surface area contributed by atoms with Crippen molar-refractivity contribution in [1.29, 1.82) is 0 Å². The minimum absolute atomic E-state index is 0.304. The molecule has 0 N–H and O–H groups in total. The lowest BCUT2D eigenvalue weighted by Gasteiger charge is -2.03. The van der Waals surface area contributed by atoms with E-state index in [1.54, 1.807) is 12.1 Å². The van der Waals surface area contributed by atoms with E-state index in [4.69, 9.17) is 0 Å². The van der Waals surface area contributed by atoms with Crippen molar-refractivity contribution >= 4 is 10.8 Å². The van der Waals surface area contributed by atoms with E-state index in [-0.39, 0.29) is 5.82 Å². The predicted molar refractivity (Wildman–Crippen MR) is 80.3 cm³/mol. The third-order valence-electron chi connectivity index (χ3n) is 3.24. The Morgan fingerprint density at radius 1 is 1.00 bits per heavy atom. The first kappa shape index (κ1) is 16.4. The summed E-state index contributed by atoms with van der Waals surface area (Å²) >= 11 is 0. The molecule has 0 bridgehead atoms. The van der Waals surface area contributed by atoms with Gasteiger partial charge in [0.15, 0.2) is 0 Å². The second-order valence-corrected chi connectivity index (χ2v) is 6.55. The molecule has 1 aromatic carbocycles. The molecule has 1 unspecified atom stereocenters. The van der Waals surface area contributed by atoms with Crippen LogP contribution in [0.25, 0.3) is 0 Å². The molecule has 1 rings (SSSR count). The van der Waals surface area contributed by atoms with Crippen molar-refractivity contribution in [2.75, 3.05) is 5.75 Å². The maximum atomic E-state index is 13.0. The third-order valence-corrected chi connectivity index (χ3v) is 4.68.